The van der Waals surface area contributed by atoms with Crippen LogP contribution in [0, 0.1) is 0 Å². The largest absolute Gasteiger partial charge is 0.494 e. The number of para-hydroxylation sites is 1. The predicted octanol–water partition coefficient (Wildman–Crippen LogP) is 5.44. The summed E-state index contributed by atoms with van der Waals surface area (Å²) in [6, 6.07) is 10.9. The first-order valence-electron chi connectivity index (χ1n) is 7.58. The van der Waals surface area contributed by atoms with E-state index in [1.165, 1.54) is 7.11 Å². The van der Waals surface area contributed by atoms with Crippen molar-refractivity contribution in [3.05, 3.63) is 57.0 Å². The number of halogens is 2. The number of methoxy groups -OCH3 is 1. The third kappa shape index (κ3) is 3.45. The van der Waals surface area contributed by atoms with Gasteiger partial charge in [-0.15, -0.1) is 11.3 Å². The van der Waals surface area contributed by atoms with Gasteiger partial charge in [0.25, 0.3) is 5.91 Å². The molecule has 3 rings (SSSR count). The van der Waals surface area contributed by atoms with Gasteiger partial charge in [0.05, 0.1) is 33.4 Å². The van der Waals surface area contributed by atoms with E-state index in [9.17, 15) is 4.79 Å². The quantitative estimate of drug-likeness (QED) is 0.590. The van der Waals surface area contributed by atoms with Crippen LogP contribution in [-0.4, -0.2) is 29.9 Å². The molecule has 0 spiro atoms. The maximum absolute atomic E-state index is 12.8. The van der Waals surface area contributed by atoms with Crippen molar-refractivity contribution in [1.29, 1.82) is 0 Å². The normalized spacial score (nSPS) is 12.2. The summed E-state index contributed by atoms with van der Waals surface area (Å²) in [6.45, 7) is 1.95. The lowest BCUT2D eigenvalue weighted by Crippen LogP contribution is -2.29. The van der Waals surface area contributed by atoms with E-state index >= 15 is 0 Å². The van der Waals surface area contributed by atoms with E-state index in [0.717, 1.165) is 15.2 Å². The number of fused-ring (bicyclic) bond motifs is 1. The van der Waals surface area contributed by atoms with E-state index in [-0.39, 0.29) is 11.9 Å². The van der Waals surface area contributed by atoms with Crippen molar-refractivity contribution in [3.63, 3.8) is 0 Å². The molecular formula is C18H16Cl2N2O2S. The molecule has 0 N–H and O–H groups in total. The summed E-state index contributed by atoms with van der Waals surface area (Å²) < 4.78 is 6.22. The number of hydrogen-bond acceptors (Lipinski definition) is 4. The first-order valence-corrected chi connectivity index (χ1v) is 9.15. The van der Waals surface area contributed by atoms with Gasteiger partial charge in [-0.1, -0.05) is 35.3 Å². The average Bonchev–Trinajstić information content (AvgIpc) is 3.03. The molecule has 0 radical (unpaired) electrons. The van der Waals surface area contributed by atoms with Crippen LogP contribution in [-0.2, 0) is 0 Å². The Hall–Kier alpha value is -1.82. The molecule has 0 bridgehead atoms. The molecule has 130 valence electrons. The van der Waals surface area contributed by atoms with Crippen molar-refractivity contribution in [2.45, 2.75) is 13.0 Å². The highest BCUT2D eigenvalue weighted by atomic mass is 35.5. The molecular weight excluding hydrogens is 379 g/mol. The summed E-state index contributed by atoms with van der Waals surface area (Å²) in [5.41, 5.74) is 1.34. The van der Waals surface area contributed by atoms with Crippen molar-refractivity contribution < 1.29 is 9.53 Å². The number of ether oxygens (including phenoxy) is 1. The molecule has 2 aromatic carbocycles. The lowest BCUT2D eigenvalue weighted by molar-refractivity contribution is 0.0742. The Morgan fingerprint density at radius 3 is 2.48 bits per heavy atom. The van der Waals surface area contributed by atoms with Crippen LogP contribution in [0.25, 0.3) is 10.2 Å². The van der Waals surface area contributed by atoms with Gasteiger partial charge in [-0.2, -0.15) is 0 Å². The Morgan fingerprint density at radius 1 is 1.24 bits per heavy atom. The summed E-state index contributed by atoms with van der Waals surface area (Å²) in [7, 11) is 3.22. The number of rotatable bonds is 4. The second kappa shape index (κ2) is 7.20. The van der Waals surface area contributed by atoms with Gasteiger partial charge < -0.3 is 9.64 Å². The number of carbonyl (C=O) groups excluding carboxylic acids is 1. The van der Waals surface area contributed by atoms with E-state index in [0.29, 0.717) is 21.4 Å². The Kier molecular flexibility index (Phi) is 5.18. The van der Waals surface area contributed by atoms with Crippen molar-refractivity contribution in [3.8, 4) is 5.75 Å². The topological polar surface area (TPSA) is 42.4 Å². The fourth-order valence-corrected chi connectivity index (χ4v) is 4.20. The Bertz CT molecular complexity index is 886. The number of nitrogens with zero attached hydrogens (tertiary/aromatic N) is 2. The molecule has 1 atom stereocenters. The lowest BCUT2D eigenvalue weighted by Gasteiger charge is -2.23. The van der Waals surface area contributed by atoms with E-state index in [1.807, 2.05) is 31.2 Å². The van der Waals surface area contributed by atoms with Crippen LogP contribution < -0.4 is 4.74 Å². The van der Waals surface area contributed by atoms with Gasteiger partial charge in [-0.05, 0) is 31.2 Å². The molecule has 1 aromatic heterocycles. The van der Waals surface area contributed by atoms with Gasteiger partial charge in [0.15, 0.2) is 5.75 Å². The molecule has 0 saturated carbocycles. The van der Waals surface area contributed by atoms with Gasteiger partial charge >= 0.3 is 0 Å². The van der Waals surface area contributed by atoms with Crippen molar-refractivity contribution >= 4 is 50.7 Å². The first-order chi connectivity index (χ1) is 11.9. The number of amides is 1. The minimum atomic E-state index is -0.182. The molecule has 3 aromatic rings. The first kappa shape index (κ1) is 18.0. The number of hydrogen-bond donors (Lipinski definition) is 0. The number of thiazole rings is 1. The SMILES string of the molecule is COc1c(Cl)cc(C(=O)N(C)[C@H](C)c2nc3ccccc3s2)cc1Cl. The van der Waals surface area contributed by atoms with Crippen LogP contribution in [0.15, 0.2) is 36.4 Å². The highest BCUT2D eigenvalue weighted by Gasteiger charge is 2.23. The zero-order valence-electron chi connectivity index (χ0n) is 13.9. The van der Waals surface area contributed by atoms with E-state index in [2.05, 4.69) is 4.98 Å². The molecule has 0 unspecified atom stereocenters. The Morgan fingerprint density at radius 2 is 1.88 bits per heavy atom. The fourth-order valence-electron chi connectivity index (χ4n) is 2.49. The van der Waals surface area contributed by atoms with Crippen molar-refractivity contribution in [2.75, 3.05) is 14.2 Å². The second-order valence-electron chi connectivity index (χ2n) is 5.58. The van der Waals surface area contributed by atoms with Gasteiger partial charge in [-0.25, -0.2) is 4.98 Å². The Labute approximate surface area is 159 Å². The minimum absolute atomic E-state index is 0.176. The maximum atomic E-state index is 12.8. The minimum Gasteiger partial charge on any atom is -0.494 e. The highest BCUT2D eigenvalue weighted by molar-refractivity contribution is 7.18. The van der Waals surface area contributed by atoms with Gasteiger partial charge in [-0.3, -0.25) is 4.79 Å². The van der Waals surface area contributed by atoms with E-state index in [1.54, 1.807) is 35.4 Å². The molecule has 1 amide bonds. The summed E-state index contributed by atoms with van der Waals surface area (Å²) in [6.07, 6.45) is 0. The van der Waals surface area contributed by atoms with Crippen LogP contribution in [0.5, 0.6) is 5.75 Å². The van der Waals surface area contributed by atoms with Crippen LogP contribution in [0.3, 0.4) is 0 Å². The van der Waals surface area contributed by atoms with Gasteiger partial charge in [0.1, 0.15) is 5.01 Å². The molecule has 0 aliphatic carbocycles. The maximum Gasteiger partial charge on any atom is 0.254 e. The molecule has 4 nitrogen and oxygen atoms in total. The average molecular weight is 395 g/mol. The smallest absolute Gasteiger partial charge is 0.254 e. The highest BCUT2D eigenvalue weighted by Crippen LogP contribution is 2.35. The number of carbonyl (C=O) groups is 1. The van der Waals surface area contributed by atoms with Crippen LogP contribution >= 0.6 is 34.5 Å². The van der Waals surface area contributed by atoms with Crippen LogP contribution in [0.4, 0.5) is 0 Å². The fraction of sp³-hybridized carbons (Fsp3) is 0.222. The summed E-state index contributed by atoms with van der Waals surface area (Å²) >= 11 is 13.9. The van der Waals surface area contributed by atoms with Crippen molar-refractivity contribution in [2.24, 2.45) is 0 Å². The van der Waals surface area contributed by atoms with E-state index < -0.39 is 0 Å². The summed E-state index contributed by atoms with van der Waals surface area (Å²) in [4.78, 5) is 19.1. The molecule has 7 heteroatoms. The molecule has 0 aliphatic heterocycles. The zero-order chi connectivity index (χ0) is 18.1. The molecule has 0 aliphatic rings. The van der Waals surface area contributed by atoms with Gasteiger partial charge in [0, 0.05) is 12.6 Å². The third-order valence-corrected chi connectivity index (χ3v) is 5.79. The predicted molar refractivity (Wildman–Crippen MR) is 103 cm³/mol. The number of aromatic nitrogens is 1. The molecule has 0 fully saturated rings. The summed E-state index contributed by atoms with van der Waals surface area (Å²) in [5, 5.41) is 1.49. The lowest BCUT2D eigenvalue weighted by atomic mass is 10.1. The summed E-state index contributed by atoms with van der Waals surface area (Å²) in [5.74, 6) is 0.181. The molecule has 25 heavy (non-hydrogen) atoms. The third-order valence-electron chi connectivity index (χ3n) is 4.02. The van der Waals surface area contributed by atoms with E-state index in [4.69, 9.17) is 27.9 Å². The molecule has 1 heterocycles. The standard InChI is InChI=1S/C18H16Cl2N2O2S/c1-10(17-21-14-6-4-5-7-15(14)25-17)22(2)18(23)11-8-12(19)16(24-3)13(20)9-11/h4-10H,1-3H3/t10-/m1/s1. The second-order valence-corrected chi connectivity index (χ2v) is 7.46. The molecule has 0 saturated heterocycles. The van der Waals surface area contributed by atoms with Crippen LogP contribution in [0.1, 0.15) is 28.3 Å². The zero-order valence-corrected chi connectivity index (χ0v) is 16.2. The Balaban J connectivity index is 1.89. The van der Waals surface area contributed by atoms with Crippen LogP contribution in [0.2, 0.25) is 10.0 Å². The van der Waals surface area contributed by atoms with Gasteiger partial charge in [0.2, 0.25) is 0 Å². The van der Waals surface area contributed by atoms with Crippen molar-refractivity contribution in [1.82, 2.24) is 9.88 Å². The monoisotopic (exact) mass is 394 g/mol. The number of benzene rings is 2.